The third-order valence-corrected chi connectivity index (χ3v) is 3.09. The highest BCUT2D eigenvalue weighted by molar-refractivity contribution is 6.31. The van der Waals surface area contributed by atoms with Gasteiger partial charge in [-0.05, 0) is 55.8 Å². The first kappa shape index (κ1) is 15.2. The molecule has 2 rings (SSSR count). The number of nitrogens with one attached hydrogen (secondary N) is 1. The molecule has 0 bridgehead atoms. The van der Waals surface area contributed by atoms with Crippen molar-refractivity contribution in [2.24, 2.45) is 0 Å². The number of carbonyl (C=O) groups excluding carboxylic acids is 1. The van der Waals surface area contributed by atoms with Crippen LogP contribution in [0.15, 0.2) is 36.4 Å². The minimum atomic E-state index is -0.256. The molecule has 1 amide bonds. The second kappa shape index (κ2) is 6.50. The maximum Gasteiger partial charge on any atom is 0.255 e. The minimum absolute atomic E-state index is 0.256. The molecule has 0 fully saturated rings. The molecule has 5 heteroatoms. The molecule has 110 valence electrons. The molecule has 4 nitrogen and oxygen atoms in total. The molecule has 2 aromatic rings. The van der Waals surface area contributed by atoms with E-state index < -0.39 is 0 Å². The van der Waals surface area contributed by atoms with Crippen molar-refractivity contribution in [1.29, 1.82) is 0 Å². The molecule has 0 radical (unpaired) electrons. The molecular weight excluding hydrogens is 288 g/mol. The van der Waals surface area contributed by atoms with Gasteiger partial charge in [-0.1, -0.05) is 11.6 Å². The summed E-state index contributed by atoms with van der Waals surface area (Å²) in [5, 5.41) is 3.33. The van der Waals surface area contributed by atoms with Gasteiger partial charge in [0.1, 0.15) is 5.75 Å². The van der Waals surface area contributed by atoms with Gasteiger partial charge in [0.2, 0.25) is 0 Å². The van der Waals surface area contributed by atoms with Gasteiger partial charge in [0, 0.05) is 16.3 Å². The molecule has 0 aliphatic carbocycles. The Balaban J connectivity index is 2.28. The Bertz CT molecular complexity index is 651. The smallest absolute Gasteiger partial charge is 0.255 e. The number of benzene rings is 2. The number of amides is 1. The van der Waals surface area contributed by atoms with Crippen LogP contribution in [0.5, 0.6) is 5.75 Å². The maximum atomic E-state index is 12.3. The molecule has 2 aromatic carbocycles. The summed E-state index contributed by atoms with van der Waals surface area (Å²) in [6, 6.07) is 10.3. The number of ether oxygens (including phenoxy) is 1. The van der Waals surface area contributed by atoms with Gasteiger partial charge < -0.3 is 15.8 Å². The van der Waals surface area contributed by atoms with Gasteiger partial charge in [-0.3, -0.25) is 4.79 Å². The summed E-state index contributed by atoms with van der Waals surface area (Å²) in [6.45, 7) is 4.27. The number of rotatable bonds is 4. The van der Waals surface area contributed by atoms with E-state index in [2.05, 4.69) is 5.32 Å². The van der Waals surface area contributed by atoms with E-state index in [1.807, 2.05) is 19.9 Å². The van der Waals surface area contributed by atoms with Crippen LogP contribution >= 0.6 is 11.6 Å². The lowest BCUT2D eigenvalue weighted by molar-refractivity contribution is 0.102. The van der Waals surface area contributed by atoms with Crippen molar-refractivity contribution in [3.8, 4) is 5.75 Å². The SMILES string of the molecule is CCOc1ccc(Cl)cc1NC(=O)c1cc(C)cc(N)c1. The Kier molecular flexibility index (Phi) is 4.70. The highest BCUT2D eigenvalue weighted by atomic mass is 35.5. The van der Waals surface area contributed by atoms with E-state index in [1.54, 1.807) is 30.3 Å². The maximum absolute atomic E-state index is 12.3. The minimum Gasteiger partial charge on any atom is -0.492 e. The van der Waals surface area contributed by atoms with Gasteiger partial charge in [-0.2, -0.15) is 0 Å². The van der Waals surface area contributed by atoms with Crippen LogP contribution in [0.3, 0.4) is 0 Å². The normalized spacial score (nSPS) is 10.2. The Hall–Kier alpha value is -2.20. The second-order valence-electron chi connectivity index (χ2n) is 4.66. The van der Waals surface area contributed by atoms with Crippen molar-refractivity contribution in [2.75, 3.05) is 17.7 Å². The van der Waals surface area contributed by atoms with Gasteiger partial charge in [-0.15, -0.1) is 0 Å². The highest BCUT2D eigenvalue weighted by Gasteiger charge is 2.11. The number of nitrogens with two attached hydrogens (primary N) is 1. The van der Waals surface area contributed by atoms with E-state index >= 15 is 0 Å². The molecule has 0 spiro atoms. The van der Waals surface area contributed by atoms with E-state index in [0.717, 1.165) is 5.56 Å². The molecule has 0 atom stereocenters. The van der Waals surface area contributed by atoms with E-state index in [0.29, 0.717) is 34.3 Å². The van der Waals surface area contributed by atoms with Gasteiger partial charge >= 0.3 is 0 Å². The van der Waals surface area contributed by atoms with Crippen LogP contribution in [-0.4, -0.2) is 12.5 Å². The van der Waals surface area contributed by atoms with Gasteiger partial charge in [0.25, 0.3) is 5.91 Å². The largest absolute Gasteiger partial charge is 0.492 e. The first-order valence-electron chi connectivity index (χ1n) is 6.60. The lowest BCUT2D eigenvalue weighted by Gasteiger charge is -2.12. The zero-order chi connectivity index (χ0) is 15.4. The zero-order valence-electron chi connectivity index (χ0n) is 11.9. The predicted octanol–water partition coefficient (Wildman–Crippen LogP) is 3.88. The van der Waals surface area contributed by atoms with Crippen molar-refractivity contribution in [2.45, 2.75) is 13.8 Å². The van der Waals surface area contributed by atoms with Crippen LogP contribution < -0.4 is 15.8 Å². The number of anilines is 2. The zero-order valence-corrected chi connectivity index (χ0v) is 12.7. The van der Waals surface area contributed by atoms with Crippen LogP contribution in [-0.2, 0) is 0 Å². The number of hydrogen-bond donors (Lipinski definition) is 2. The summed E-state index contributed by atoms with van der Waals surface area (Å²) in [7, 11) is 0. The average Bonchev–Trinajstić information content (AvgIpc) is 2.41. The molecule has 0 saturated carbocycles. The van der Waals surface area contributed by atoms with E-state index in [4.69, 9.17) is 22.1 Å². The number of carbonyl (C=O) groups is 1. The topological polar surface area (TPSA) is 64.3 Å². The van der Waals surface area contributed by atoms with E-state index in [9.17, 15) is 4.79 Å². The molecule has 0 heterocycles. The fraction of sp³-hybridized carbons (Fsp3) is 0.188. The van der Waals surface area contributed by atoms with Crippen LogP contribution in [0.1, 0.15) is 22.8 Å². The average molecular weight is 305 g/mol. The van der Waals surface area contributed by atoms with Crippen molar-refractivity contribution < 1.29 is 9.53 Å². The molecule has 0 aliphatic rings. The van der Waals surface area contributed by atoms with Crippen LogP contribution in [0, 0.1) is 6.92 Å². The molecule has 0 aromatic heterocycles. The summed E-state index contributed by atoms with van der Waals surface area (Å²) in [6.07, 6.45) is 0. The van der Waals surface area contributed by atoms with E-state index in [-0.39, 0.29) is 5.91 Å². The number of nitrogen functional groups attached to an aromatic ring is 1. The monoisotopic (exact) mass is 304 g/mol. The summed E-state index contributed by atoms with van der Waals surface area (Å²) in [5.74, 6) is 0.324. The van der Waals surface area contributed by atoms with Crippen LogP contribution in [0.2, 0.25) is 5.02 Å². The fourth-order valence-corrected chi connectivity index (χ4v) is 2.19. The first-order valence-corrected chi connectivity index (χ1v) is 6.98. The number of halogens is 1. The third kappa shape index (κ3) is 3.89. The first-order chi connectivity index (χ1) is 9.99. The highest BCUT2D eigenvalue weighted by Crippen LogP contribution is 2.28. The molecule has 21 heavy (non-hydrogen) atoms. The lowest BCUT2D eigenvalue weighted by atomic mass is 10.1. The van der Waals surface area contributed by atoms with Crippen molar-refractivity contribution in [3.63, 3.8) is 0 Å². The fourth-order valence-electron chi connectivity index (χ4n) is 2.02. The van der Waals surface area contributed by atoms with Gasteiger partial charge in [0.15, 0.2) is 0 Å². The number of aryl methyl sites for hydroxylation is 1. The summed E-state index contributed by atoms with van der Waals surface area (Å²) < 4.78 is 5.48. The molecular formula is C16H17ClN2O2. The Morgan fingerprint density at radius 1 is 1.29 bits per heavy atom. The number of hydrogen-bond acceptors (Lipinski definition) is 3. The molecule has 0 saturated heterocycles. The van der Waals surface area contributed by atoms with Crippen molar-refractivity contribution in [3.05, 3.63) is 52.5 Å². The lowest BCUT2D eigenvalue weighted by Crippen LogP contribution is -2.13. The predicted molar refractivity (Wildman–Crippen MR) is 86.2 cm³/mol. The van der Waals surface area contributed by atoms with E-state index in [1.165, 1.54) is 0 Å². The molecule has 0 aliphatic heterocycles. The Morgan fingerprint density at radius 2 is 2.05 bits per heavy atom. The molecule has 3 N–H and O–H groups in total. The third-order valence-electron chi connectivity index (χ3n) is 2.85. The van der Waals surface area contributed by atoms with Gasteiger partial charge in [0.05, 0.1) is 12.3 Å². The van der Waals surface area contributed by atoms with Crippen LogP contribution in [0.25, 0.3) is 0 Å². The Morgan fingerprint density at radius 3 is 2.71 bits per heavy atom. The van der Waals surface area contributed by atoms with Gasteiger partial charge in [-0.25, -0.2) is 0 Å². The standard InChI is InChI=1S/C16H17ClN2O2/c1-3-21-15-5-4-12(17)9-14(15)19-16(20)11-6-10(2)7-13(18)8-11/h4-9H,3,18H2,1-2H3,(H,19,20). The van der Waals surface area contributed by atoms with Crippen LogP contribution in [0.4, 0.5) is 11.4 Å². The van der Waals surface area contributed by atoms with Crippen molar-refractivity contribution in [1.82, 2.24) is 0 Å². The quantitative estimate of drug-likeness (QED) is 0.842. The van der Waals surface area contributed by atoms with Crippen molar-refractivity contribution >= 4 is 28.9 Å². The molecule has 0 unspecified atom stereocenters. The summed E-state index contributed by atoms with van der Waals surface area (Å²) in [5.41, 5.74) is 8.28. The Labute approximate surface area is 128 Å². The summed E-state index contributed by atoms with van der Waals surface area (Å²) >= 11 is 5.97. The summed E-state index contributed by atoms with van der Waals surface area (Å²) in [4.78, 5) is 12.3. The second-order valence-corrected chi connectivity index (χ2v) is 5.10.